The highest BCUT2D eigenvalue weighted by molar-refractivity contribution is 7.99. The molecule has 0 saturated carbocycles. The number of nitrogens with zero attached hydrogens (tertiary/aromatic N) is 2. The van der Waals surface area contributed by atoms with E-state index in [1.807, 2.05) is 6.92 Å². The van der Waals surface area contributed by atoms with Gasteiger partial charge in [0.05, 0.1) is 17.9 Å². The molecule has 0 spiro atoms. The Bertz CT molecular complexity index is 635. The van der Waals surface area contributed by atoms with Crippen molar-refractivity contribution in [3.05, 3.63) is 30.1 Å². The van der Waals surface area contributed by atoms with Gasteiger partial charge in [0.25, 0.3) is 0 Å². The monoisotopic (exact) mass is 324 g/mol. The number of carbonyl (C=O) groups is 1. The highest BCUT2D eigenvalue weighted by Crippen LogP contribution is 2.21. The highest BCUT2D eigenvalue weighted by Gasteiger charge is 2.12. The third-order valence-corrected chi connectivity index (χ3v) is 3.60. The summed E-state index contributed by atoms with van der Waals surface area (Å²) in [6.45, 7) is 2.31. The molecule has 0 radical (unpaired) electrons. The van der Waals surface area contributed by atoms with Gasteiger partial charge in [0.15, 0.2) is 5.82 Å². The third-order valence-electron chi connectivity index (χ3n) is 2.75. The number of nitrogens with one attached hydrogen (secondary N) is 2. The van der Waals surface area contributed by atoms with Gasteiger partial charge in [-0.15, -0.1) is 5.10 Å². The van der Waals surface area contributed by atoms with E-state index in [-0.39, 0.29) is 23.5 Å². The molecule has 2 rings (SSSR count). The zero-order chi connectivity index (χ0) is 15.9. The van der Waals surface area contributed by atoms with Crippen molar-refractivity contribution in [2.24, 2.45) is 0 Å². The minimum Gasteiger partial charge on any atom is -0.383 e. The van der Waals surface area contributed by atoms with Crippen LogP contribution in [-0.4, -0.2) is 46.6 Å². The number of benzene rings is 1. The molecule has 1 heterocycles. The fourth-order valence-electron chi connectivity index (χ4n) is 1.82. The summed E-state index contributed by atoms with van der Waals surface area (Å²) in [7, 11) is 1.58. The number of hydrogen-bond donors (Lipinski definition) is 2. The fraction of sp³-hybridized carbons (Fsp3) is 0.357. The molecular weight excluding hydrogens is 307 g/mol. The molecule has 1 aromatic carbocycles. The maximum atomic E-state index is 13.6. The molecule has 1 amide bonds. The zero-order valence-electron chi connectivity index (χ0n) is 12.3. The topological polar surface area (TPSA) is 79.9 Å². The predicted molar refractivity (Wildman–Crippen MR) is 82.0 cm³/mol. The molecule has 1 aromatic heterocycles. The summed E-state index contributed by atoms with van der Waals surface area (Å²) >= 11 is 1.18. The number of methoxy groups -OCH3 is 1. The Morgan fingerprint density at radius 3 is 3.00 bits per heavy atom. The van der Waals surface area contributed by atoms with Gasteiger partial charge in [-0.1, -0.05) is 23.9 Å². The summed E-state index contributed by atoms with van der Waals surface area (Å²) in [6.07, 6.45) is 0. The van der Waals surface area contributed by atoms with Crippen LogP contribution in [0.3, 0.4) is 0 Å². The largest absolute Gasteiger partial charge is 0.383 e. The lowest BCUT2D eigenvalue weighted by Crippen LogP contribution is -2.36. The van der Waals surface area contributed by atoms with E-state index in [0.29, 0.717) is 23.2 Å². The van der Waals surface area contributed by atoms with Gasteiger partial charge in [-0.25, -0.2) is 9.37 Å². The number of halogens is 1. The van der Waals surface area contributed by atoms with Crippen LogP contribution in [0, 0.1) is 5.82 Å². The van der Waals surface area contributed by atoms with Gasteiger partial charge in [-0.3, -0.25) is 9.89 Å². The number of thioether (sulfide) groups is 1. The van der Waals surface area contributed by atoms with Crippen LogP contribution in [0.5, 0.6) is 0 Å². The van der Waals surface area contributed by atoms with Crippen LogP contribution in [-0.2, 0) is 9.53 Å². The standard InChI is InChI=1S/C14H17FN4O2S/c1-9(7-21-2)16-12(20)8-22-14-17-13(18-19-14)10-5-3-4-6-11(10)15/h3-6,9H,7-8H2,1-2H3,(H,16,20)(H,17,18,19)/t9-/m1/s1. The average Bonchev–Trinajstić information content (AvgIpc) is 2.94. The average molecular weight is 324 g/mol. The molecule has 0 bridgehead atoms. The smallest absolute Gasteiger partial charge is 0.230 e. The van der Waals surface area contributed by atoms with Gasteiger partial charge in [0.1, 0.15) is 5.82 Å². The Morgan fingerprint density at radius 2 is 2.27 bits per heavy atom. The van der Waals surface area contributed by atoms with Crippen molar-refractivity contribution in [3.63, 3.8) is 0 Å². The van der Waals surface area contributed by atoms with Crippen molar-refractivity contribution < 1.29 is 13.9 Å². The first-order chi connectivity index (χ1) is 10.6. The van der Waals surface area contributed by atoms with E-state index in [1.54, 1.807) is 25.3 Å². The molecule has 22 heavy (non-hydrogen) atoms. The number of aromatic nitrogens is 3. The van der Waals surface area contributed by atoms with Gasteiger partial charge in [-0.2, -0.15) is 0 Å². The van der Waals surface area contributed by atoms with Crippen LogP contribution in [0.25, 0.3) is 11.4 Å². The Balaban J connectivity index is 1.90. The second-order valence-corrected chi connectivity index (χ2v) is 5.60. The molecule has 0 unspecified atom stereocenters. The van der Waals surface area contributed by atoms with E-state index in [2.05, 4.69) is 20.5 Å². The summed E-state index contributed by atoms with van der Waals surface area (Å²) in [5.74, 6) is 0.0182. The number of amides is 1. The summed E-state index contributed by atoms with van der Waals surface area (Å²) < 4.78 is 18.6. The second-order valence-electron chi connectivity index (χ2n) is 4.66. The summed E-state index contributed by atoms with van der Waals surface area (Å²) in [6, 6.07) is 6.24. The van der Waals surface area contributed by atoms with Gasteiger partial charge < -0.3 is 10.1 Å². The van der Waals surface area contributed by atoms with Gasteiger partial charge in [0, 0.05) is 13.2 Å². The lowest BCUT2D eigenvalue weighted by Gasteiger charge is -2.11. The predicted octanol–water partition coefficient (Wildman–Crippen LogP) is 1.85. The van der Waals surface area contributed by atoms with Crippen LogP contribution >= 0.6 is 11.8 Å². The van der Waals surface area contributed by atoms with Crippen molar-refractivity contribution >= 4 is 17.7 Å². The molecule has 0 aliphatic heterocycles. The molecule has 118 valence electrons. The third kappa shape index (κ3) is 4.54. The number of hydrogen-bond acceptors (Lipinski definition) is 5. The minimum absolute atomic E-state index is 0.0563. The van der Waals surface area contributed by atoms with Crippen molar-refractivity contribution in [1.82, 2.24) is 20.5 Å². The second kappa shape index (κ2) is 7.90. The fourth-order valence-corrected chi connectivity index (χ4v) is 2.43. The number of ether oxygens (including phenoxy) is 1. The molecule has 0 aliphatic carbocycles. The van der Waals surface area contributed by atoms with E-state index in [0.717, 1.165) is 0 Å². The van der Waals surface area contributed by atoms with Crippen LogP contribution in [0.15, 0.2) is 29.4 Å². The minimum atomic E-state index is -0.374. The summed E-state index contributed by atoms with van der Waals surface area (Å²) in [5.41, 5.74) is 0.347. The Labute approximate surface area is 131 Å². The summed E-state index contributed by atoms with van der Waals surface area (Å²) in [5, 5.41) is 9.83. The number of rotatable bonds is 7. The van der Waals surface area contributed by atoms with Crippen LogP contribution in [0.2, 0.25) is 0 Å². The highest BCUT2D eigenvalue weighted by atomic mass is 32.2. The molecule has 6 nitrogen and oxygen atoms in total. The molecular formula is C14H17FN4O2S. The lowest BCUT2D eigenvalue weighted by molar-refractivity contribution is -0.119. The molecule has 8 heteroatoms. The number of carbonyl (C=O) groups excluding carboxylic acids is 1. The molecule has 0 saturated heterocycles. The van der Waals surface area contributed by atoms with Crippen LogP contribution < -0.4 is 5.32 Å². The Morgan fingerprint density at radius 1 is 1.50 bits per heavy atom. The van der Waals surface area contributed by atoms with Crippen molar-refractivity contribution in [2.75, 3.05) is 19.5 Å². The van der Waals surface area contributed by atoms with Crippen LogP contribution in [0.1, 0.15) is 6.92 Å². The van der Waals surface area contributed by atoms with Gasteiger partial charge >= 0.3 is 0 Å². The first-order valence-electron chi connectivity index (χ1n) is 6.68. The SMILES string of the molecule is COC[C@@H](C)NC(=O)CSc1n[nH]c(-c2ccccc2F)n1. The molecule has 2 N–H and O–H groups in total. The van der Waals surface area contributed by atoms with Crippen molar-refractivity contribution in [3.8, 4) is 11.4 Å². The molecule has 2 aromatic rings. The van der Waals surface area contributed by atoms with E-state index < -0.39 is 0 Å². The Hall–Kier alpha value is -1.93. The first kappa shape index (κ1) is 16.4. The quantitative estimate of drug-likeness (QED) is 0.760. The van der Waals surface area contributed by atoms with Gasteiger partial charge in [-0.05, 0) is 19.1 Å². The van der Waals surface area contributed by atoms with Gasteiger partial charge in [0.2, 0.25) is 11.1 Å². The van der Waals surface area contributed by atoms with E-state index in [4.69, 9.17) is 4.74 Å². The number of H-pyrrole nitrogens is 1. The molecule has 1 atom stereocenters. The Kier molecular flexibility index (Phi) is 5.91. The van der Waals surface area contributed by atoms with Crippen molar-refractivity contribution in [1.29, 1.82) is 0 Å². The van der Waals surface area contributed by atoms with Crippen molar-refractivity contribution in [2.45, 2.75) is 18.1 Å². The van der Waals surface area contributed by atoms with E-state index in [1.165, 1.54) is 17.8 Å². The maximum absolute atomic E-state index is 13.6. The first-order valence-corrected chi connectivity index (χ1v) is 7.67. The van der Waals surface area contributed by atoms with E-state index >= 15 is 0 Å². The van der Waals surface area contributed by atoms with E-state index in [9.17, 15) is 9.18 Å². The summed E-state index contributed by atoms with van der Waals surface area (Å²) in [4.78, 5) is 15.9. The maximum Gasteiger partial charge on any atom is 0.230 e. The number of aromatic amines is 1. The van der Waals surface area contributed by atoms with Crippen LogP contribution in [0.4, 0.5) is 4.39 Å². The zero-order valence-corrected chi connectivity index (χ0v) is 13.1. The molecule has 0 fully saturated rings. The molecule has 0 aliphatic rings. The normalized spacial score (nSPS) is 12.1. The lowest BCUT2D eigenvalue weighted by atomic mass is 10.2.